The van der Waals surface area contributed by atoms with Crippen LogP contribution in [0, 0.1) is 23.7 Å². The minimum atomic E-state index is 0.552. The molecule has 2 fully saturated rings. The standard InChI is InChI=1S/C28H39N3O2.C5H8O/c1-30(2)19-25-27(32-20-23-8-9-23)13-11-24-26(29-33-28(24)25)12-10-21-14-16-31(17-15-21)18-22-6-4-3-5-7-22;1-3-4-5-6-2/h4,6-7,11,13,21,23H,3,5,8-10,12,14-20H2,1-2H3;5H2,1-2H3. The zero-order chi connectivity index (χ0) is 27.5. The first-order valence-corrected chi connectivity index (χ1v) is 14.7. The normalized spacial score (nSPS) is 17.9. The van der Waals surface area contributed by atoms with Gasteiger partial charge in [-0.1, -0.05) is 29.3 Å². The van der Waals surface area contributed by atoms with Gasteiger partial charge in [0, 0.05) is 25.6 Å². The molecule has 1 saturated carbocycles. The van der Waals surface area contributed by atoms with Crippen molar-refractivity contribution in [2.45, 2.75) is 64.8 Å². The van der Waals surface area contributed by atoms with Crippen molar-refractivity contribution >= 4 is 11.0 Å². The molecule has 0 spiro atoms. The van der Waals surface area contributed by atoms with Crippen molar-refractivity contribution in [3.63, 3.8) is 0 Å². The van der Waals surface area contributed by atoms with Crippen LogP contribution < -0.4 is 4.74 Å². The van der Waals surface area contributed by atoms with Crippen molar-refractivity contribution < 1.29 is 14.0 Å². The highest BCUT2D eigenvalue weighted by Gasteiger charge is 2.25. The fourth-order valence-electron chi connectivity index (χ4n) is 5.33. The molecular weight excluding hydrogens is 486 g/mol. The Bertz CT molecular complexity index is 1160. The molecular formula is C33H47N3O3. The van der Waals surface area contributed by atoms with E-state index < -0.39 is 0 Å². The van der Waals surface area contributed by atoms with Crippen LogP contribution in [0.4, 0.5) is 0 Å². The fourth-order valence-corrected chi connectivity index (χ4v) is 5.33. The summed E-state index contributed by atoms with van der Waals surface area (Å²) in [7, 11) is 5.81. The lowest BCUT2D eigenvalue weighted by Crippen LogP contribution is -2.35. The van der Waals surface area contributed by atoms with Gasteiger partial charge in [0.25, 0.3) is 0 Å². The van der Waals surface area contributed by atoms with Gasteiger partial charge in [0.1, 0.15) is 12.4 Å². The third kappa shape index (κ3) is 9.24. The Kier molecular flexibility index (Phi) is 11.5. The number of methoxy groups -OCH3 is 1. The summed E-state index contributed by atoms with van der Waals surface area (Å²) in [4.78, 5) is 4.80. The quantitative estimate of drug-likeness (QED) is 0.318. The SMILES string of the molecule is CC#CCOC.CN(C)Cc1c(OCC2CC2)ccc2c(CCC3CCN(CC4=CCCC=C4)CC3)noc12. The van der Waals surface area contributed by atoms with Gasteiger partial charge in [-0.2, -0.15) is 0 Å². The van der Waals surface area contributed by atoms with Crippen molar-refractivity contribution in [3.05, 3.63) is 47.2 Å². The van der Waals surface area contributed by atoms with Crippen LogP contribution in [0.3, 0.4) is 0 Å². The summed E-state index contributed by atoms with van der Waals surface area (Å²) in [5.41, 5.74) is 4.66. The Labute approximate surface area is 235 Å². The molecule has 0 atom stereocenters. The molecule has 6 heteroatoms. The molecule has 0 unspecified atom stereocenters. The number of hydrogen-bond donors (Lipinski definition) is 0. The molecule has 2 heterocycles. The molecule has 1 aromatic carbocycles. The number of piperidine rings is 1. The summed E-state index contributed by atoms with van der Waals surface area (Å²) < 4.78 is 16.7. The molecule has 0 N–H and O–H groups in total. The molecule has 3 aliphatic rings. The smallest absolute Gasteiger partial charge is 0.175 e. The number of ether oxygens (including phenoxy) is 2. The van der Waals surface area contributed by atoms with Gasteiger partial charge in [0.15, 0.2) is 5.58 Å². The second kappa shape index (κ2) is 15.3. The first-order chi connectivity index (χ1) is 19.1. The topological polar surface area (TPSA) is 51.0 Å². The van der Waals surface area contributed by atoms with E-state index in [-0.39, 0.29) is 0 Å². The van der Waals surface area contributed by atoms with E-state index in [0.717, 1.165) is 60.5 Å². The molecule has 0 radical (unpaired) electrons. The largest absolute Gasteiger partial charge is 0.493 e. The molecule has 6 nitrogen and oxygen atoms in total. The van der Waals surface area contributed by atoms with Gasteiger partial charge in [-0.3, -0.25) is 4.90 Å². The molecule has 1 aliphatic heterocycles. The summed E-state index contributed by atoms with van der Waals surface area (Å²) in [6.07, 6.45) is 16.8. The van der Waals surface area contributed by atoms with Gasteiger partial charge >= 0.3 is 0 Å². The van der Waals surface area contributed by atoms with Crippen molar-refractivity contribution in [1.29, 1.82) is 0 Å². The van der Waals surface area contributed by atoms with E-state index in [9.17, 15) is 0 Å². The molecule has 1 saturated heterocycles. The van der Waals surface area contributed by atoms with Gasteiger partial charge in [0.05, 0.1) is 17.9 Å². The van der Waals surface area contributed by atoms with Crippen LogP contribution in [0.25, 0.3) is 11.0 Å². The van der Waals surface area contributed by atoms with Crippen molar-refractivity contribution in [2.75, 3.05) is 54.1 Å². The van der Waals surface area contributed by atoms with Crippen LogP contribution in [-0.4, -0.2) is 69.0 Å². The Morgan fingerprint density at radius 2 is 1.92 bits per heavy atom. The Hall–Kier alpha value is -2.59. The Balaban J connectivity index is 0.000000531. The summed E-state index contributed by atoms with van der Waals surface area (Å²) in [5.74, 6) is 7.90. The number of fused-ring (bicyclic) bond motifs is 1. The minimum absolute atomic E-state index is 0.552. The average molecular weight is 534 g/mol. The predicted molar refractivity (Wildman–Crippen MR) is 159 cm³/mol. The monoisotopic (exact) mass is 533 g/mol. The van der Waals surface area contributed by atoms with Gasteiger partial charge in [-0.15, -0.1) is 5.92 Å². The second-order valence-electron chi connectivity index (χ2n) is 11.4. The molecule has 2 aromatic rings. The van der Waals surface area contributed by atoms with Crippen LogP contribution in [-0.2, 0) is 17.7 Å². The number of nitrogens with zero attached hydrogens (tertiary/aromatic N) is 3. The zero-order valence-corrected chi connectivity index (χ0v) is 24.5. The molecule has 39 heavy (non-hydrogen) atoms. The molecule has 1 aromatic heterocycles. The lowest BCUT2D eigenvalue weighted by molar-refractivity contribution is 0.192. The summed E-state index contributed by atoms with van der Waals surface area (Å²) in [6, 6.07) is 4.30. The van der Waals surface area contributed by atoms with Crippen LogP contribution >= 0.6 is 0 Å². The van der Waals surface area contributed by atoms with Gasteiger partial charge in [-0.05, 0) is 115 Å². The van der Waals surface area contributed by atoms with Gasteiger partial charge < -0.3 is 18.9 Å². The van der Waals surface area contributed by atoms with Crippen LogP contribution in [0.15, 0.2) is 40.5 Å². The van der Waals surface area contributed by atoms with Crippen molar-refractivity contribution in [3.8, 4) is 17.6 Å². The van der Waals surface area contributed by atoms with Crippen LogP contribution in [0.5, 0.6) is 5.75 Å². The number of aromatic nitrogens is 1. The van der Waals surface area contributed by atoms with Crippen LogP contribution in [0.1, 0.15) is 63.1 Å². The highest BCUT2D eigenvalue weighted by atomic mass is 16.5. The lowest BCUT2D eigenvalue weighted by atomic mass is 9.90. The van der Waals surface area contributed by atoms with E-state index in [1.54, 1.807) is 14.0 Å². The zero-order valence-electron chi connectivity index (χ0n) is 24.5. The van der Waals surface area contributed by atoms with E-state index >= 15 is 0 Å². The van der Waals surface area contributed by atoms with Crippen molar-refractivity contribution in [1.82, 2.24) is 15.0 Å². The maximum absolute atomic E-state index is 6.17. The summed E-state index contributed by atoms with van der Waals surface area (Å²) >= 11 is 0. The number of benzene rings is 1. The maximum atomic E-state index is 6.17. The second-order valence-corrected chi connectivity index (χ2v) is 11.4. The Morgan fingerprint density at radius 3 is 2.56 bits per heavy atom. The fraction of sp³-hybridized carbons (Fsp3) is 0.606. The van der Waals surface area contributed by atoms with Crippen molar-refractivity contribution in [2.24, 2.45) is 11.8 Å². The van der Waals surface area contributed by atoms with E-state index in [1.807, 2.05) is 0 Å². The number of rotatable bonds is 11. The molecule has 0 bridgehead atoms. The minimum Gasteiger partial charge on any atom is -0.493 e. The summed E-state index contributed by atoms with van der Waals surface area (Å²) in [5, 5.41) is 5.68. The summed E-state index contributed by atoms with van der Waals surface area (Å²) in [6.45, 7) is 7.51. The van der Waals surface area contributed by atoms with E-state index in [1.165, 1.54) is 69.0 Å². The number of hydrogen-bond acceptors (Lipinski definition) is 6. The third-order valence-electron chi connectivity index (χ3n) is 7.79. The lowest BCUT2D eigenvalue weighted by Gasteiger charge is -2.32. The highest BCUT2D eigenvalue weighted by molar-refractivity contribution is 5.84. The highest BCUT2D eigenvalue weighted by Crippen LogP contribution is 2.35. The maximum Gasteiger partial charge on any atom is 0.175 e. The Morgan fingerprint density at radius 1 is 1.10 bits per heavy atom. The molecule has 212 valence electrons. The predicted octanol–water partition coefficient (Wildman–Crippen LogP) is 6.26. The van der Waals surface area contributed by atoms with E-state index in [0.29, 0.717) is 6.61 Å². The van der Waals surface area contributed by atoms with Crippen LogP contribution in [0.2, 0.25) is 0 Å². The average Bonchev–Trinajstić information content (AvgIpc) is 3.69. The molecule has 0 amide bonds. The first kappa shape index (κ1) is 29.4. The molecule has 2 aliphatic carbocycles. The first-order valence-electron chi connectivity index (χ1n) is 14.7. The molecule has 5 rings (SSSR count). The number of likely N-dealkylation sites (tertiary alicyclic amines) is 1. The third-order valence-corrected chi connectivity index (χ3v) is 7.79. The van der Waals surface area contributed by atoms with Gasteiger partial charge in [0.2, 0.25) is 0 Å². The van der Waals surface area contributed by atoms with E-state index in [2.05, 4.69) is 76.0 Å². The van der Waals surface area contributed by atoms with E-state index in [4.69, 9.17) is 9.26 Å². The number of aryl methyl sites for hydroxylation is 1. The number of allylic oxidation sites excluding steroid dienone is 2. The van der Waals surface area contributed by atoms with Gasteiger partial charge in [-0.25, -0.2) is 0 Å².